The third-order valence-electron chi connectivity index (χ3n) is 4.87. The van der Waals surface area contributed by atoms with E-state index in [0.717, 1.165) is 5.56 Å². The minimum absolute atomic E-state index is 0.0245. The van der Waals surface area contributed by atoms with E-state index in [9.17, 15) is 14.0 Å². The fourth-order valence-electron chi connectivity index (χ4n) is 3.17. The Bertz CT molecular complexity index is 1260. The van der Waals surface area contributed by atoms with Crippen molar-refractivity contribution in [3.63, 3.8) is 0 Å². The van der Waals surface area contributed by atoms with Crippen molar-refractivity contribution in [3.8, 4) is 5.75 Å². The topological polar surface area (TPSA) is 68.5 Å². The van der Waals surface area contributed by atoms with Gasteiger partial charge >= 0.3 is 0 Å². The fraction of sp³-hybridized carbons (Fsp3) is 0.120. The first-order valence-corrected chi connectivity index (χ1v) is 9.79. The maximum absolute atomic E-state index is 13.9. The van der Waals surface area contributed by atoms with Crippen LogP contribution in [-0.4, -0.2) is 17.8 Å². The van der Waals surface area contributed by atoms with Gasteiger partial charge < -0.3 is 14.5 Å². The second kappa shape index (κ2) is 8.44. The largest absolute Gasteiger partial charge is 0.478 e. The Hall–Kier alpha value is -3.93. The van der Waals surface area contributed by atoms with Gasteiger partial charge in [-0.25, -0.2) is 4.39 Å². The number of hydrogen-bond acceptors (Lipinski definition) is 4. The number of carbonyl (C=O) groups is 2. The molecule has 1 heterocycles. The highest BCUT2D eigenvalue weighted by molar-refractivity contribution is 6.17. The minimum atomic E-state index is -1.01. The lowest BCUT2D eigenvalue weighted by molar-refractivity contribution is -0.122. The van der Waals surface area contributed by atoms with E-state index in [0.29, 0.717) is 16.5 Å². The van der Waals surface area contributed by atoms with Crippen LogP contribution >= 0.6 is 0 Å². The van der Waals surface area contributed by atoms with Gasteiger partial charge in [0.15, 0.2) is 23.4 Å². The van der Waals surface area contributed by atoms with Crippen LogP contribution in [0, 0.1) is 12.7 Å². The Kier molecular flexibility index (Phi) is 5.54. The molecular formula is C25H20FNO4. The molecule has 1 atom stereocenters. The van der Waals surface area contributed by atoms with Crippen LogP contribution in [0.4, 0.5) is 10.1 Å². The van der Waals surface area contributed by atoms with Gasteiger partial charge in [0, 0.05) is 10.9 Å². The number of rotatable bonds is 6. The zero-order valence-corrected chi connectivity index (χ0v) is 17.0. The van der Waals surface area contributed by atoms with E-state index in [2.05, 4.69) is 5.32 Å². The molecule has 1 aromatic heterocycles. The Morgan fingerprint density at radius 2 is 1.65 bits per heavy atom. The third-order valence-corrected chi connectivity index (χ3v) is 4.87. The van der Waals surface area contributed by atoms with Gasteiger partial charge in [0.1, 0.15) is 5.58 Å². The molecule has 0 fully saturated rings. The average molecular weight is 417 g/mol. The van der Waals surface area contributed by atoms with E-state index >= 15 is 0 Å². The van der Waals surface area contributed by atoms with Crippen molar-refractivity contribution in [3.05, 3.63) is 95.5 Å². The molecule has 0 saturated heterocycles. The summed E-state index contributed by atoms with van der Waals surface area (Å²) in [6, 6.07) is 20.0. The molecule has 0 radical (unpaired) electrons. The zero-order chi connectivity index (χ0) is 22.0. The number of nitrogens with one attached hydrogen (secondary N) is 1. The lowest BCUT2D eigenvalue weighted by Gasteiger charge is -2.15. The lowest BCUT2D eigenvalue weighted by Crippen LogP contribution is -2.30. The van der Waals surface area contributed by atoms with Crippen molar-refractivity contribution in [1.82, 2.24) is 0 Å². The van der Waals surface area contributed by atoms with Crippen LogP contribution in [0.3, 0.4) is 0 Å². The fourth-order valence-corrected chi connectivity index (χ4v) is 3.17. The predicted molar refractivity (Wildman–Crippen MR) is 116 cm³/mol. The SMILES string of the molecule is Cc1ccc(C(=O)c2oc3ccccc3c2NC(=O)[C@H](C)Oc2ccccc2F)cc1. The molecule has 4 rings (SSSR count). The van der Waals surface area contributed by atoms with Gasteiger partial charge in [-0.2, -0.15) is 0 Å². The molecule has 0 aliphatic rings. The van der Waals surface area contributed by atoms with Gasteiger partial charge in [-0.1, -0.05) is 54.1 Å². The summed E-state index contributed by atoms with van der Waals surface area (Å²) in [6.07, 6.45) is -1.01. The van der Waals surface area contributed by atoms with Crippen molar-refractivity contribution in [2.45, 2.75) is 20.0 Å². The van der Waals surface area contributed by atoms with Gasteiger partial charge in [-0.15, -0.1) is 0 Å². The molecule has 6 heteroatoms. The summed E-state index contributed by atoms with van der Waals surface area (Å²) in [4.78, 5) is 25.9. The Morgan fingerprint density at radius 3 is 2.39 bits per heavy atom. The van der Waals surface area contributed by atoms with Crippen LogP contribution in [0.5, 0.6) is 5.75 Å². The van der Waals surface area contributed by atoms with Gasteiger partial charge in [-0.05, 0) is 38.1 Å². The number of carbonyl (C=O) groups excluding carboxylic acids is 2. The molecule has 3 aromatic carbocycles. The van der Waals surface area contributed by atoms with Crippen LogP contribution in [0.2, 0.25) is 0 Å². The monoisotopic (exact) mass is 417 g/mol. The predicted octanol–water partition coefficient (Wildman–Crippen LogP) is 5.52. The molecular weight excluding hydrogens is 397 g/mol. The summed E-state index contributed by atoms with van der Waals surface area (Å²) in [5, 5.41) is 3.32. The number of amides is 1. The number of furan rings is 1. The highest BCUT2D eigenvalue weighted by Crippen LogP contribution is 2.33. The van der Waals surface area contributed by atoms with Crippen LogP contribution in [0.25, 0.3) is 11.0 Å². The van der Waals surface area contributed by atoms with Crippen molar-refractivity contribution in [1.29, 1.82) is 0 Å². The average Bonchev–Trinajstić information content (AvgIpc) is 3.13. The first-order chi connectivity index (χ1) is 14.9. The maximum Gasteiger partial charge on any atom is 0.265 e. The van der Waals surface area contributed by atoms with E-state index < -0.39 is 17.8 Å². The summed E-state index contributed by atoms with van der Waals surface area (Å²) in [5.41, 5.74) is 2.19. The molecule has 0 saturated carbocycles. The maximum atomic E-state index is 13.9. The number of para-hydroxylation sites is 2. The molecule has 5 nitrogen and oxygen atoms in total. The molecule has 1 N–H and O–H groups in total. The van der Waals surface area contributed by atoms with E-state index in [1.165, 1.54) is 25.1 Å². The Morgan fingerprint density at radius 1 is 0.968 bits per heavy atom. The molecule has 0 aliphatic heterocycles. The van der Waals surface area contributed by atoms with Crippen LogP contribution in [-0.2, 0) is 4.79 Å². The number of aryl methyl sites for hydroxylation is 1. The molecule has 0 bridgehead atoms. The number of halogens is 1. The van der Waals surface area contributed by atoms with Crippen molar-refractivity contribution < 1.29 is 23.1 Å². The summed E-state index contributed by atoms with van der Waals surface area (Å²) in [7, 11) is 0. The third kappa shape index (κ3) is 4.19. The summed E-state index contributed by atoms with van der Waals surface area (Å²) >= 11 is 0. The van der Waals surface area contributed by atoms with Crippen molar-refractivity contribution >= 4 is 28.3 Å². The molecule has 31 heavy (non-hydrogen) atoms. The quantitative estimate of drug-likeness (QED) is 0.420. The van der Waals surface area contributed by atoms with Crippen LogP contribution in [0.15, 0.2) is 77.2 Å². The standard InChI is InChI=1S/C25H20FNO4/c1-15-11-13-17(14-12-15)23(28)24-22(18-7-3-5-9-20(18)31-24)27-25(29)16(2)30-21-10-6-4-8-19(21)26/h3-14,16H,1-2H3,(H,27,29)/t16-/m0/s1. The van der Waals surface area contributed by atoms with E-state index in [4.69, 9.17) is 9.15 Å². The summed E-state index contributed by atoms with van der Waals surface area (Å²) < 4.78 is 25.1. The zero-order valence-electron chi connectivity index (χ0n) is 17.0. The number of ketones is 1. The molecule has 0 unspecified atom stereocenters. The molecule has 156 valence electrons. The molecule has 0 spiro atoms. The van der Waals surface area contributed by atoms with Crippen LogP contribution < -0.4 is 10.1 Å². The van der Waals surface area contributed by atoms with Crippen molar-refractivity contribution in [2.24, 2.45) is 0 Å². The highest BCUT2D eigenvalue weighted by Gasteiger charge is 2.25. The molecule has 0 aliphatic carbocycles. The van der Waals surface area contributed by atoms with Crippen molar-refractivity contribution in [2.75, 3.05) is 5.32 Å². The molecule has 1 amide bonds. The first kappa shape index (κ1) is 20.3. The summed E-state index contributed by atoms with van der Waals surface area (Å²) in [6.45, 7) is 3.43. The van der Waals surface area contributed by atoms with E-state index in [1.54, 1.807) is 42.5 Å². The summed E-state index contributed by atoms with van der Waals surface area (Å²) in [5.74, 6) is -1.46. The minimum Gasteiger partial charge on any atom is -0.478 e. The lowest BCUT2D eigenvalue weighted by atomic mass is 10.1. The Balaban J connectivity index is 1.65. The second-order valence-electron chi connectivity index (χ2n) is 7.18. The van der Waals surface area contributed by atoms with Gasteiger partial charge in [-0.3, -0.25) is 9.59 Å². The Labute approximate surface area is 178 Å². The van der Waals surface area contributed by atoms with Crippen LogP contribution in [0.1, 0.15) is 28.6 Å². The number of fused-ring (bicyclic) bond motifs is 1. The molecule has 4 aromatic rings. The number of benzene rings is 3. The van der Waals surface area contributed by atoms with Gasteiger partial charge in [0.25, 0.3) is 5.91 Å². The second-order valence-corrected chi connectivity index (χ2v) is 7.18. The van der Waals surface area contributed by atoms with E-state index in [-0.39, 0.29) is 23.0 Å². The van der Waals surface area contributed by atoms with E-state index in [1.807, 2.05) is 19.1 Å². The van der Waals surface area contributed by atoms with Gasteiger partial charge in [0.2, 0.25) is 5.78 Å². The normalized spacial score (nSPS) is 11.8. The highest BCUT2D eigenvalue weighted by atomic mass is 19.1. The first-order valence-electron chi connectivity index (χ1n) is 9.79. The number of hydrogen-bond donors (Lipinski definition) is 1. The van der Waals surface area contributed by atoms with Gasteiger partial charge in [0.05, 0.1) is 5.69 Å². The number of ether oxygens (including phenoxy) is 1. The number of anilines is 1. The smallest absolute Gasteiger partial charge is 0.265 e.